The molecule has 0 saturated heterocycles. The van der Waals surface area contributed by atoms with Gasteiger partial charge in [0.25, 0.3) is 11.5 Å². The summed E-state index contributed by atoms with van der Waals surface area (Å²) >= 11 is 11.5. The molecule has 2 aromatic rings. The van der Waals surface area contributed by atoms with E-state index < -0.39 is 57.2 Å². The maximum absolute atomic E-state index is 14.3. The standard InChI is InChI=1S/C24H21Cl2F7N4O2/c1-3-21(4-2,23(28,29)30)35-20(38)17-5-12-10-37(11-13(12)9-34-17)18-8-22(39-36-18,24(31,32)33)14-6-15(25)19(27)16(26)7-14/h5-7,9H,3-4,8,10-11H2,1-2H3,(H,35,38). The van der Waals surface area contributed by atoms with Crippen LogP contribution in [0.5, 0.6) is 0 Å². The Morgan fingerprint density at radius 3 is 2.18 bits per heavy atom. The molecule has 4 rings (SSSR count). The summed E-state index contributed by atoms with van der Waals surface area (Å²) in [6.45, 7) is 2.67. The summed E-state index contributed by atoms with van der Waals surface area (Å²) in [5.41, 5.74) is -5.21. The SMILES string of the molecule is CCC(CC)(NC(=O)c1cc2c(cn1)CN(C1=NOC(c3cc(Cl)c(F)c(Cl)c3)(C(F)(F)F)C1)C2)C(F)(F)F. The van der Waals surface area contributed by atoms with Gasteiger partial charge >= 0.3 is 12.4 Å². The minimum atomic E-state index is -4.99. The largest absolute Gasteiger partial charge is 0.435 e. The summed E-state index contributed by atoms with van der Waals surface area (Å²) in [6, 6.07) is 2.84. The second kappa shape index (κ2) is 9.99. The summed E-state index contributed by atoms with van der Waals surface area (Å²) in [6.07, 6.45) is -9.96. The van der Waals surface area contributed by atoms with E-state index in [1.807, 2.05) is 5.32 Å². The number of amidine groups is 1. The Labute approximate surface area is 228 Å². The smallest absolute Gasteiger partial charge is 0.372 e. The number of benzene rings is 1. The average molecular weight is 601 g/mol. The van der Waals surface area contributed by atoms with Crippen LogP contribution in [0, 0.1) is 5.82 Å². The summed E-state index contributed by atoms with van der Waals surface area (Å²) in [7, 11) is 0. The van der Waals surface area contributed by atoms with Crippen LogP contribution >= 0.6 is 23.2 Å². The zero-order chi connectivity index (χ0) is 29.0. The fourth-order valence-corrected chi connectivity index (χ4v) is 5.10. The number of oxime groups is 1. The minimum Gasteiger partial charge on any atom is -0.372 e. The molecule has 0 fully saturated rings. The van der Waals surface area contributed by atoms with Crippen LogP contribution < -0.4 is 5.32 Å². The van der Waals surface area contributed by atoms with E-state index >= 15 is 0 Å². The van der Waals surface area contributed by atoms with Crippen LogP contribution in [0.4, 0.5) is 30.7 Å². The third-order valence-corrected chi connectivity index (χ3v) is 7.68. The second-order valence-electron chi connectivity index (χ2n) is 9.29. The van der Waals surface area contributed by atoms with Gasteiger partial charge in [0.1, 0.15) is 17.1 Å². The molecule has 0 aliphatic carbocycles. The van der Waals surface area contributed by atoms with Crippen molar-refractivity contribution < 1.29 is 40.4 Å². The molecule has 0 bridgehead atoms. The van der Waals surface area contributed by atoms with Crippen molar-refractivity contribution in [3.8, 4) is 0 Å². The number of hydrogen-bond donors (Lipinski definition) is 1. The van der Waals surface area contributed by atoms with Crippen molar-refractivity contribution in [1.29, 1.82) is 0 Å². The van der Waals surface area contributed by atoms with Gasteiger partial charge < -0.3 is 15.1 Å². The van der Waals surface area contributed by atoms with E-state index in [0.29, 0.717) is 11.1 Å². The highest BCUT2D eigenvalue weighted by atomic mass is 35.5. The Morgan fingerprint density at radius 1 is 1.05 bits per heavy atom. The molecule has 0 spiro atoms. The van der Waals surface area contributed by atoms with Crippen LogP contribution in [0.3, 0.4) is 0 Å². The van der Waals surface area contributed by atoms with E-state index in [1.54, 1.807) is 0 Å². The first-order chi connectivity index (χ1) is 18.1. The molecule has 0 radical (unpaired) electrons. The molecule has 1 unspecified atom stereocenters. The number of aromatic nitrogens is 1. The Balaban J connectivity index is 1.55. The molecule has 3 heterocycles. The molecule has 2 aliphatic heterocycles. The number of nitrogens with one attached hydrogen (secondary N) is 1. The number of rotatable bonds is 5. The number of nitrogens with zero attached hydrogens (tertiary/aromatic N) is 3. The van der Waals surface area contributed by atoms with E-state index in [9.17, 15) is 35.5 Å². The van der Waals surface area contributed by atoms with E-state index in [-0.39, 0.29) is 37.5 Å². The number of carbonyl (C=O) groups excluding carboxylic acids is 1. The number of halogens is 9. The highest BCUT2D eigenvalue weighted by molar-refractivity contribution is 6.35. The van der Waals surface area contributed by atoms with Crippen LogP contribution in [-0.2, 0) is 23.5 Å². The lowest BCUT2D eigenvalue weighted by Gasteiger charge is -2.34. The Morgan fingerprint density at radius 2 is 1.64 bits per heavy atom. The van der Waals surface area contributed by atoms with Crippen molar-refractivity contribution in [3.05, 3.63) is 62.6 Å². The van der Waals surface area contributed by atoms with Crippen molar-refractivity contribution in [2.75, 3.05) is 0 Å². The first-order valence-corrected chi connectivity index (χ1v) is 12.4. The fraction of sp³-hybridized carbons (Fsp3) is 0.458. The molecule has 1 N–H and O–H groups in total. The molecular weight excluding hydrogens is 580 g/mol. The van der Waals surface area contributed by atoms with Gasteiger partial charge in [0.05, 0.1) is 16.5 Å². The lowest BCUT2D eigenvalue weighted by molar-refractivity contribution is -0.275. The molecule has 0 saturated carbocycles. The zero-order valence-electron chi connectivity index (χ0n) is 20.4. The van der Waals surface area contributed by atoms with Crippen molar-refractivity contribution >= 4 is 34.9 Å². The third-order valence-electron chi connectivity index (χ3n) is 7.13. The molecule has 1 amide bonds. The molecule has 6 nitrogen and oxygen atoms in total. The Bertz CT molecular complexity index is 1310. The van der Waals surface area contributed by atoms with Gasteiger partial charge in [0, 0.05) is 24.8 Å². The number of pyridine rings is 1. The van der Waals surface area contributed by atoms with Gasteiger partial charge in [0.2, 0.25) is 0 Å². The van der Waals surface area contributed by atoms with Gasteiger partial charge in [-0.1, -0.05) is 42.2 Å². The zero-order valence-corrected chi connectivity index (χ0v) is 21.9. The maximum atomic E-state index is 14.3. The minimum absolute atomic E-state index is 0.00877. The first-order valence-electron chi connectivity index (χ1n) is 11.7. The molecule has 15 heteroatoms. The lowest BCUT2D eigenvalue weighted by Crippen LogP contribution is -2.58. The molecule has 1 aromatic carbocycles. The van der Waals surface area contributed by atoms with E-state index in [1.165, 1.54) is 31.0 Å². The highest BCUT2D eigenvalue weighted by Gasteiger charge is 2.63. The number of fused-ring (bicyclic) bond motifs is 1. The maximum Gasteiger partial charge on any atom is 0.435 e. The fourth-order valence-electron chi connectivity index (χ4n) is 4.62. The third kappa shape index (κ3) is 4.99. The Hall–Kier alpha value is -2.80. The van der Waals surface area contributed by atoms with Crippen LogP contribution in [0.15, 0.2) is 29.6 Å². The molecule has 1 atom stereocenters. The second-order valence-corrected chi connectivity index (χ2v) is 10.1. The molecular formula is C24H21Cl2F7N4O2. The average Bonchev–Trinajstić information content (AvgIpc) is 3.49. The van der Waals surface area contributed by atoms with Crippen LogP contribution in [0.25, 0.3) is 0 Å². The predicted molar refractivity (Wildman–Crippen MR) is 128 cm³/mol. The normalized spacial score (nSPS) is 19.6. The molecule has 39 heavy (non-hydrogen) atoms. The number of alkyl halides is 6. The van der Waals surface area contributed by atoms with E-state index in [2.05, 4.69) is 10.1 Å². The van der Waals surface area contributed by atoms with Crippen molar-refractivity contribution in [2.24, 2.45) is 5.16 Å². The van der Waals surface area contributed by atoms with E-state index in [4.69, 9.17) is 28.0 Å². The highest BCUT2D eigenvalue weighted by Crippen LogP contribution is 2.50. The summed E-state index contributed by atoms with van der Waals surface area (Å²) < 4.78 is 97.6. The summed E-state index contributed by atoms with van der Waals surface area (Å²) in [4.78, 5) is 23.0. The molecule has 1 aromatic heterocycles. The van der Waals surface area contributed by atoms with Gasteiger partial charge in [-0.15, -0.1) is 0 Å². The van der Waals surface area contributed by atoms with Crippen molar-refractivity contribution in [3.63, 3.8) is 0 Å². The Kier molecular flexibility index (Phi) is 7.48. The number of carbonyl (C=O) groups is 1. The van der Waals surface area contributed by atoms with Gasteiger partial charge in [-0.2, -0.15) is 26.3 Å². The van der Waals surface area contributed by atoms with Gasteiger partial charge in [-0.25, -0.2) is 4.39 Å². The number of hydrogen-bond acceptors (Lipinski definition) is 5. The van der Waals surface area contributed by atoms with E-state index in [0.717, 1.165) is 12.1 Å². The van der Waals surface area contributed by atoms with Crippen LogP contribution in [0.2, 0.25) is 10.0 Å². The predicted octanol–water partition coefficient (Wildman–Crippen LogP) is 6.89. The molecule has 2 aliphatic rings. The number of amides is 1. The van der Waals surface area contributed by atoms with Gasteiger partial charge in [0.15, 0.2) is 5.82 Å². The van der Waals surface area contributed by atoms with Crippen molar-refractivity contribution in [1.82, 2.24) is 15.2 Å². The lowest BCUT2D eigenvalue weighted by atomic mass is 9.89. The monoisotopic (exact) mass is 600 g/mol. The van der Waals surface area contributed by atoms with Crippen LogP contribution in [0.1, 0.15) is 60.3 Å². The topological polar surface area (TPSA) is 66.8 Å². The van der Waals surface area contributed by atoms with Crippen LogP contribution in [-0.4, -0.2) is 39.5 Å². The molecule has 212 valence electrons. The first kappa shape index (κ1) is 29.2. The van der Waals surface area contributed by atoms with Gasteiger partial charge in [-0.3, -0.25) is 9.78 Å². The summed E-state index contributed by atoms with van der Waals surface area (Å²) in [5.74, 6) is -2.20. The summed E-state index contributed by atoms with van der Waals surface area (Å²) in [5, 5.41) is 4.46. The van der Waals surface area contributed by atoms with Crippen molar-refractivity contribution in [2.45, 2.75) is 69.7 Å². The van der Waals surface area contributed by atoms with Gasteiger partial charge in [-0.05, 0) is 42.2 Å². The quantitative estimate of drug-likeness (QED) is 0.300.